The summed E-state index contributed by atoms with van der Waals surface area (Å²) in [6.45, 7) is 6.11. The van der Waals surface area contributed by atoms with Gasteiger partial charge in [-0.2, -0.15) is 0 Å². The van der Waals surface area contributed by atoms with E-state index < -0.39 is 5.60 Å². The van der Waals surface area contributed by atoms with Gasteiger partial charge in [-0.1, -0.05) is 26.7 Å². The van der Waals surface area contributed by atoms with Crippen molar-refractivity contribution in [3.05, 3.63) is 0 Å². The first kappa shape index (κ1) is 16.4. The van der Waals surface area contributed by atoms with Gasteiger partial charge in [0.25, 0.3) is 0 Å². The standard InChI is InChI=1S/C15H30N2O2/c1-3-4-5-10-17(11-14(16)18)12-15(19)8-6-13(2)7-9-15/h13,19H,3-12H2,1-2H3,(H2,16,18). The number of amides is 1. The Morgan fingerprint density at radius 1 is 1.37 bits per heavy atom. The van der Waals surface area contributed by atoms with Crippen LogP contribution in [0, 0.1) is 5.92 Å². The predicted octanol–water partition coefficient (Wildman–Crippen LogP) is 1.91. The molecule has 0 aromatic heterocycles. The van der Waals surface area contributed by atoms with Gasteiger partial charge >= 0.3 is 0 Å². The van der Waals surface area contributed by atoms with E-state index in [2.05, 4.69) is 13.8 Å². The molecule has 3 N–H and O–H groups in total. The number of carbonyl (C=O) groups is 1. The average molecular weight is 270 g/mol. The van der Waals surface area contributed by atoms with E-state index in [9.17, 15) is 9.90 Å². The van der Waals surface area contributed by atoms with Crippen molar-refractivity contribution in [2.45, 2.75) is 64.4 Å². The summed E-state index contributed by atoms with van der Waals surface area (Å²) in [6.07, 6.45) is 7.23. The second-order valence-corrected chi connectivity index (χ2v) is 6.29. The lowest BCUT2D eigenvalue weighted by Gasteiger charge is -2.38. The molecule has 1 fully saturated rings. The highest BCUT2D eigenvalue weighted by Gasteiger charge is 2.33. The normalized spacial score (nSPS) is 27.7. The lowest BCUT2D eigenvalue weighted by Crippen LogP contribution is -2.48. The monoisotopic (exact) mass is 270 g/mol. The number of unbranched alkanes of at least 4 members (excludes halogenated alkanes) is 2. The summed E-state index contributed by atoms with van der Waals surface area (Å²) in [4.78, 5) is 13.2. The number of carbonyl (C=O) groups excluding carboxylic acids is 1. The van der Waals surface area contributed by atoms with E-state index in [1.807, 2.05) is 4.90 Å². The van der Waals surface area contributed by atoms with E-state index >= 15 is 0 Å². The maximum Gasteiger partial charge on any atom is 0.231 e. The molecule has 4 heteroatoms. The lowest BCUT2D eigenvalue weighted by atomic mass is 9.79. The van der Waals surface area contributed by atoms with Gasteiger partial charge in [-0.15, -0.1) is 0 Å². The van der Waals surface area contributed by atoms with Gasteiger partial charge in [-0.25, -0.2) is 0 Å². The van der Waals surface area contributed by atoms with Crippen LogP contribution in [0.25, 0.3) is 0 Å². The molecule has 1 aliphatic rings. The number of rotatable bonds is 8. The molecular formula is C15H30N2O2. The van der Waals surface area contributed by atoms with Crippen molar-refractivity contribution >= 4 is 5.91 Å². The van der Waals surface area contributed by atoms with Crippen molar-refractivity contribution in [2.75, 3.05) is 19.6 Å². The summed E-state index contributed by atoms with van der Waals surface area (Å²) in [5, 5.41) is 10.6. The van der Waals surface area contributed by atoms with Gasteiger partial charge < -0.3 is 10.8 Å². The summed E-state index contributed by atoms with van der Waals surface area (Å²) in [7, 11) is 0. The van der Waals surface area contributed by atoms with Crippen LogP contribution in [0.15, 0.2) is 0 Å². The van der Waals surface area contributed by atoms with Crippen LogP contribution in [0.1, 0.15) is 58.8 Å². The molecular weight excluding hydrogens is 240 g/mol. The smallest absolute Gasteiger partial charge is 0.231 e. The molecule has 1 amide bonds. The minimum atomic E-state index is -0.617. The summed E-state index contributed by atoms with van der Waals surface area (Å²) in [5.74, 6) is 0.411. The number of hydrogen-bond acceptors (Lipinski definition) is 3. The van der Waals surface area contributed by atoms with Crippen LogP contribution >= 0.6 is 0 Å². The Hall–Kier alpha value is -0.610. The van der Waals surface area contributed by atoms with Crippen LogP contribution < -0.4 is 5.73 Å². The lowest BCUT2D eigenvalue weighted by molar-refractivity contribution is -0.120. The Kier molecular flexibility index (Phi) is 6.80. The molecule has 0 atom stereocenters. The fourth-order valence-corrected chi connectivity index (χ4v) is 2.89. The second-order valence-electron chi connectivity index (χ2n) is 6.29. The summed E-state index contributed by atoms with van der Waals surface area (Å²) in [6, 6.07) is 0. The maximum absolute atomic E-state index is 11.1. The Bertz CT molecular complexity index is 273. The van der Waals surface area contributed by atoms with Crippen molar-refractivity contribution in [2.24, 2.45) is 11.7 Å². The van der Waals surface area contributed by atoms with E-state index in [4.69, 9.17) is 5.73 Å². The zero-order valence-electron chi connectivity index (χ0n) is 12.5. The van der Waals surface area contributed by atoms with Gasteiger partial charge in [0.15, 0.2) is 0 Å². The number of aliphatic hydroxyl groups is 1. The third-order valence-electron chi connectivity index (χ3n) is 4.18. The SMILES string of the molecule is CCCCCN(CC(N)=O)CC1(O)CCC(C)CC1. The van der Waals surface area contributed by atoms with Crippen LogP contribution in [0.5, 0.6) is 0 Å². The van der Waals surface area contributed by atoms with Crippen molar-refractivity contribution in [1.29, 1.82) is 0 Å². The highest BCUT2D eigenvalue weighted by atomic mass is 16.3. The third kappa shape index (κ3) is 6.39. The summed E-state index contributed by atoms with van der Waals surface area (Å²) in [5.41, 5.74) is 4.69. The van der Waals surface area contributed by atoms with Gasteiger partial charge in [0.05, 0.1) is 12.1 Å². The average Bonchev–Trinajstić information content (AvgIpc) is 2.33. The molecule has 1 saturated carbocycles. The first-order valence-corrected chi connectivity index (χ1v) is 7.68. The van der Waals surface area contributed by atoms with Crippen LogP contribution in [-0.4, -0.2) is 41.1 Å². The molecule has 0 unspecified atom stereocenters. The Morgan fingerprint density at radius 2 is 2.00 bits per heavy atom. The molecule has 1 aliphatic carbocycles. The van der Waals surface area contributed by atoms with E-state index in [1.54, 1.807) is 0 Å². The predicted molar refractivity (Wildman–Crippen MR) is 77.7 cm³/mol. The molecule has 0 bridgehead atoms. The highest BCUT2D eigenvalue weighted by Crippen LogP contribution is 2.32. The minimum absolute atomic E-state index is 0.265. The number of nitrogens with two attached hydrogens (primary N) is 1. The van der Waals surface area contributed by atoms with E-state index in [-0.39, 0.29) is 12.5 Å². The molecule has 1 rings (SSSR count). The van der Waals surface area contributed by atoms with Crippen LogP contribution in [0.3, 0.4) is 0 Å². The topological polar surface area (TPSA) is 66.6 Å². The van der Waals surface area contributed by atoms with Gasteiger partial charge in [0.1, 0.15) is 0 Å². The molecule has 0 spiro atoms. The second kappa shape index (κ2) is 7.85. The van der Waals surface area contributed by atoms with Gasteiger partial charge in [-0.3, -0.25) is 9.69 Å². The minimum Gasteiger partial charge on any atom is -0.389 e. The number of nitrogens with zero attached hydrogens (tertiary/aromatic N) is 1. The summed E-state index contributed by atoms with van der Waals surface area (Å²) >= 11 is 0. The van der Waals surface area contributed by atoms with Crippen LogP contribution in [0.2, 0.25) is 0 Å². The highest BCUT2D eigenvalue weighted by molar-refractivity contribution is 5.75. The number of primary amides is 1. The molecule has 0 aliphatic heterocycles. The van der Waals surface area contributed by atoms with Crippen LogP contribution in [0.4, 0.5) is 0 Å². The van der Waals surface area contributed by atoms with Crippen molar-refractivity contribution in [3.8, 4) is 0 Å². The third-order valence-corrected chi connectivity index (χ3v) is 4.18. The van der Waals surface area contributed by atoms with Crippen molar-refractivity contribution in [3.63, 3.8) is 0 Å². The first-order chi connectivity index (χ1) is 8.95. The molecule has 4 nitrogen and oxygen atoms in total. The van der Waals surface area contributed by atoms with E-state index in [1.165, 1.54) is 0 Å². The maximum atomic E-state index is 11.1. The van der Waals surface area contributed by atoms with E-state index in [0.717, 1.165) is 51.5 Å². The Balaban J connectivity index is 2.47. The molecule has 0 aromatic rings. The molecule has 19 heavy (non-hydrogen) atoms. The molecule has 0 aromatic carbocycles. The largest absolute Gasteiger partial charge is 0.389 e. The van der Waals surface area contributed by atoms with Gasteiger partial charge in [0.2, 0.25) is 5.91 Å². The van der Waals surface area contributed by atoms with Crippen molar-refractivity contribution in [1.82, 2.24) is 4.90 Å². The molecule has 112 valence electrons. The van der Waals surface area contributed by atoms with Crippen LogP contribution in [-0.2, 0) is 4.79 Å². The zero-order valence-corrected chi connectivity index (χ0v) is 12.5. The van der Waals surface area contributed by atoms with Gasteiger partial charge in [-0.05, 0) is 44.6 Å². The molecule has 0 radical (unpaired) electrons. The fraction of sp³-hybridized carbons (Fsp3) is 0.933. The first-order valence-electron chi connectivity index (χ1n) is 7.68. The van der Waals surface area contributed by atoms with E-state index in [0.29, 0.717) is 12.5 Å². The summed E-state index contributed by atoms with van der Waals surface area (Å²) < 4.78 is 0. The fourth-order valence-electron chi connectivity index (χ4n) is 2.89. The Morgan fingerprint density at radius 3 is 2.53 bits per heavy atom. The number of hydrogen-bond donors (Lipinski definition) is 2. The van der Waals surface area contributed by atoms with Gasteiger partial charge in [0, 0.05) is 6.54 Å². The quantitative estimate of drug-likeness (QED) is 0.662. The van der Waals surface area contributed by atoms with Crippen molar-refractivity contribution < 1.29 is 9.90 Å². The molecule has 0 heterocycles. The Labute approximate surface area is 117 Å². The zero-order chi connectivity index (χ0) is 14.3. The molecule has 0 saturated heterocycles.